The molecule has 1 aliphatic rings. The molecule has 0 bridgehead atoms. The van der Waals surface area contributed by atoms with Crippen LogP contribution < -0.4 is 40.6 Å². The fourth-order valence-corrected chi connectivity index (χ4v) is 4.97. The number of amides is 2. The van der Waals surface area contributed by atoms with Crippen molar-refractivity contribution in [1.29, 1.82) is 0 Å². The van der Waals surface area contributed by atoms with E-state index in [2.05, 4.69) is 35.8 Å². The quantitative estimate of drug-likeness (QED) is 0.124. The van der Waals surface area contributed by atoms with Crippen LogP contribution in [0.1, 0.15) is 5.69 Å². The molecule has 3 N–H and O–H groups in total. The predicted octanol–water partition coefficient (Wildman–Crippen LogP) is -5.49. The number of nitrogen functional groups attached to an aromatic ring is 1. The summed E-state index contributed by atoms with van der Waals surface area (Å²) in [5.74, 6) is -2.00. The second-order valence-corrected chi connectivity index (χ2v) is 8.55. The van der Waals surface area contributed by atoms with Crippen molar-refractivity contribution in [2.75, 3.05) is 12.8 Å². The molecular formula is C11H12N9NaO6S3. The van der Waals surface area contributed by atoms with Gasteiger partial charge in [0.2, 0.25) is 5.16 Å². The number of tetrazole rings is 1. The molecule has 3 heterocycles. The zero-order valence-corrected chi connectivity index (χ0v) is 20.1. The van der Waals surface area contributed by atoms with Gasteiger partial charge in [-0.2, -0.15) is 0 Å². The minimum Gasteiger partial charge on any atom is -0.731 e. The first-order valence-corrected chi connectivity index (χ1v) is 10.6. The first-order chi connectivity index (χ1) is 13.6. The number of hydrogen-bond acceptors (Lipinski definition) is 14. The van der Waals surface area contributed by atoms with E-state index >= 15 is 0 Å². The summed E-state index contributed by atoms with van der Waals surface area (Å²) in [6.07, 6.45) is 0. The van der Waals surface area contributed by atoms with Gasteiger partial charge in [-0.3, -0.25) is 9.59 Å². The molecule has 0 radical (unpaired) electrons. The third kappa shape index (κ3) is 4.90. The van der Waals surface area contributed by atoms with E-state index in [0.717, 1.165) is 11.3 Å². The normalized spacial score (nSPS) is 19.1. The van der Waals surface area contributed by atoms with Crippen LogP contribution in [0.25, 0.3) is 0 Å². The maximum Gasteiger partial charge on any atom is 1.00 e. The van der Waals surface area contributed by atoms with Crippen molar-refractivity contribution < 1.29 is 57.0 Å². The molecule has 2 atom stereocenters. The topological polar surface area (TPSA) is 211 Å². The smallest absolute Gasteiger partial charge is 0.731 e. The minimum absolute atomic E-state index is 0. The van der Waals surface area contributed by atoms with Gasteiger partial charge in [-0.05, 0) is 10.4 Å². The third-order valence-corrected chi connectivity index (χ3v) is 6.47. The molecule has 0 aromatic carbocycles. The Balaban J connectivity index is 0.00000320. The molecule has 1 fully saturated rings. The molecule has 1 saturated heterocycles. The van der Waals surface area contributed by atoms with Crippen molar-refractivity contribution in [3.05, 3.63) is 11.1 Å². The number of nitrogens with zero attached hydrogens (tertiary/aromatic N) is 7. The standard InChI is InChI=1S/C11H13N9O6S3.Na/c1-19-11(15-17-18-19)28-9-6(8(22)20(9)29(23,24)25)14-7(21)5(16-26-2)4-3-27-10(12)13-4;/h3,6,9H,1-2H3,(H2,12,13)(H,14,21)(H,23,24,25);/q;+1/p-1/t6-,9+;/m1./s1. The van der Waals surface area contributed by atoms with E-state index < -0.39 is 33.5 Å². The minimum atomic E-state index is -5.13. The predicted molar refractivity (Wildman–Crippen MR) is 97.0 cm³/mol. The molecule has 0 spiro atoms. The SMILES string of the molecule is CON=C(C(=O)N[C@@H]1C(=O)N(S(=O)(=O)[O-])[C@H]1Sc1nnnn1C)c1csc(N)n1.[Na+]. The van der Waals surface area contributed by atoms with E-state index in [4.69, 9.17) is 5.73 Å². The number of oxime groups is 1. The van der Waals surface area contributed by atoms with Gasteiger partial charge in [-0.15, -0.1) is 16.4 Å². The van der Waals surface area contributed by atoms with E-state index in [1.165, 1.54) is 24.2 Å². The van der Waals surface area contributed by atoms with Crippen molar-refractivity contribution >= 4 is 56.1 Å². The molecule has 2 aromatic rings. The van der Waals surface area contributed by atoms with Crippen LogP contribution in [0.3, 0.4) is 0 Å². The average molecular weight is 485 g/mol. The fraction of sp³-hybridized carbons (Fsp3) is 0.364. The van der Waals surface area contributed by atoms with E-state index in [9.17, 15) is 22.6 Å². The van der Waals surface area contributed by atoms with Gasteiger partial charge < -0.3 is 20.4 Å². The van der Waals surface area contributed by atoms with Gasteiger partial charge in [-0.25, -0.2) is 22.4 Å². The van der Waals surface area contributed by atoms with Crippen molar-refractivity contribution in [2.24, 2.45) is 12.2 Å². The molecule has 19 heteroatoms. The average Bonchev–Trinajstić information content (AvgIpc) is 3.24. The number of β-lactam (4-membered cyclic amide) rings is 1. The van der Waals surface area contributed by atoms with Crippen LogP contribution in [-0.4, -0.2) is 78.5 Å². The van der Waals surface area contributed by atoms with Crippen LogP contribution in [0.2, 0.25) is 0 Å². The number of thiazole rings is 1. The number of hydrogen-bond donors (Lipinski definition) is 2. The molecular weight excluding hydrogens is 473 g/mol. The summed E-state index contributed by atoms with van der Waals surface area (Å²) in [7, 11) is -2.45. The summed E-state index contributed by atoms with van der Waals surface area (Å²) in [6, 6.07) is -1.37. The van der Waals surface area contributed by atoms with E-state index in [1.807, 2.05) is 0 Å². The monoisotopic (exact) mass is 485 g/mol. The van der Waals surface area contributed by atoms with Crippen LogP contribution in [0.5, 0.6) is 0 Å². The molecule has 0 unspecified atom stereocenters. The Labute approximate surface area is 199 Å². The van der Waals surface area contributed by atoms with Crippen LogP contribution in [-0.2, 0) is 31.8 Å². The molecule has 0 saturated carbocycles. The second-order valence-electron chi connectivity index (χ2n) is 5.33. The molecule has 2 amide bonds. The second kappa shape index (κ2) is 9.54. The Morgan fingerprint density at radius 1 is 1.50 bits per heavy atom. The number of nitrogens with one attached hydrogen (secondary N) is 1. The fourth-order valence-electron chi connectivity index (χ4n) is 2.25. The van der Waals surface area contributed by atoms with Crippen molar-refractivity contribution in [2.45, 2.75) is 16.6 Å². The maximum atomic E-state index is 12.6. The summed E-state index contributed by atoms with van der Waals surface area (Å²) in [6.45, 7) is 0. The molecule has 30 heavy (non-hydrogen) atoms. The van der Waals surface area contributed by atoms with Crippen LogP contribution in [0.15, 0.2) is 15.7 Å². The van der Waals surface area contributed by atoms with E-state index in [0.29, 0.717) is 11.8 Å². The van der Waals surface area contributed by atoms with Gasteiger partial charge in [0.25, 0.3) is 11.8 Å². The number of nitrogens with two attached hydrogens (primary N) is 1. The van der Waals surface area contributed by atoms with Crippen molar-refractivity contribution in [3.8, 4) is 0 Å². The van der Waals surface area contributed by atoms with E-state index in [1.54, 1.807) is 0 Å². The first-order valence-electron chi connectivity index (χ1n) is 7.45. The zero-order chi connectivity index (χ0) is 21.3. The summed E-state index contributed by atoms with van der Waals surface area (Å²) in [4.78, 5) is 33.4. The molecule has 1 aliphatic heterocycles. The van der Waals surface area contributed by atoms with Gasteiger partial charge >= 0.3 is 29.6 Å². The number of anilines is 1. The number of carbonyl (C=O) groups is 2. The van der Waals surface area contributed by atoms with Crippen molar-refractivity contribution in [3.63, 3.8) is 0 Å². The van der Waals surface area contributed by atoms with Crippen LogP contribution in [0.4, 0.5) is 5.13 Å². The number of thioether (sulfide) groups is 1. The Hall–Kier alpha value is -1.83. The molecule has 2 aromatic heterocycles. The molecule has 15 nitrogen and oxygen atoms in total. The summed E-state index contributed by atoms with van der Waals surface area (Å²) >= 11 is 1.76. The summed E-state index contributed by atoms with van der Waals surface area (Å²) < 4.78 is 35.6. The summed E-state index contributed by atoms with van der Waals surface area (Å²) in [5, 5.41) is 17.0. The number of aromatic nitrogens is 5. The Kier molecular flexibility index (Phi) is 7.77. The van der Waals surface area contributed by atoms with Gasteiger partial charge in [0.15, 0.2) is 21.1 Å². The van der Waals surface area contributed by atoms with Gasteiger partial charge in [-0.1, -0.05) is 16.9 Å². The van der Waals surface area contributed by atoms with Gasteiger partial charge in [0.05, 0.1) is 0 Å². The van der Waals surface area contributed by atoms with Crippen molar-refractivity contribution in [1.82, 2.24) is 34.8 Å². The summed E-state index contributed by atoms with van der Waals surface area (Å²) in [5.41, 5.74) is 5.34. The zero-order valence-electron chi connectivity index (χ0n) is 15.6. The number of aryl methyl sites for hydroxylation is 1. The Morgan fingerprint density at radius 2 is 2.20 bits per heavy atom. The number of rotatable bonds is 7. The molecule has 156 valence electrons. The number of carbonyl (C=O) groups excluding carboxylic acids is 2. The molecule has 3 rings (SSSR count). The van der Waals surface area contributed by atoms with Gasteiger partial charge in [0.1, 0.15) is 24.2 Å². The van der Waals surface area contributed by atoms with Crippen LogP contribution >= 0.6 is 23.1 Å². The van der Waals surface area contributed by atoms with E-state index in [-0.39, 0.29) is 55.6 Å². The first kappa shape index (κ1) is 24.4. The Morgan fingerprint density at radius 3 is 2.70 bits per heavy atom. The maximum absolute atomic E-state index is 12.6. The largest absolute Gasteiger partial charge is 1.00 e. The Bertz CT molecular complexity index is 1090. The van der Waals surface area contributed by atoms with Gasteiger partial charge in [0, 0.05) is 12.4 Å². The third-order valence-electron chi connectivity index (χ3n) is 3.50. The molecule has 0 aliphatic carbocycles. The van der Waals surface area contributed by atoms with Crippen LogP contribution in [0, 0.1) is 0 Å².